The maximum atomic E-state index is 12.6. The van der Waals surface area contributed by atoms with E-state index in [2.05, 4.69) is 5.32 Å². The van der Waals surface area contributed by atoms with Gasteiger partial charge in [0.1, 0.15) is 0 Å². The zero-order valence-corrected chi connectivity index (χ0v) is 12.9. The third-order valence-corrected chi connectivity index (χ3v) is 5.58. The van der Waals surface area contributed by atoms with E-state index in [4.69, 9.17) is 0 Å². The summed E-state index contributed by atoms with van der Waals surface area (Å²) in [4.78, 5) is 12.2. The number of hydrogen-bond donors (Lipinski definition) is 1. The summed E-state index contributed by atoms with van der Waals surface area (Å²) in [6.07, 6.45) is 0. The zero-order chi connectivity index (χ0) is 15.1. The third-order valence-electron chi connectivity index (χ3n) is 3.56. The van der Waals surface area contributed by atoms with Gasteiger partial charge in [0.05, 0.1) is 4.90 Å². The Balaban J connectivity index is 2.47. The SMILES string of the molecule is CC1=C(C(C)C)C(=O)NC1S(=O)(=O)c1ccc(C)cc1. The van der Waals surface area contributed by atoms with Gasteiger partial charge < -0.3 is 5.32 Å². The van der Waals surface area contributed by atoms with Gasteiger partial charge in [-0.05, 0) is 37.5 Å². The van der Waals surface area contributed by atoms with Gasteiger partial charge in [-0.1, -0.05) is 31.5 Å². The molecule has 0 fully saturated rings. The molecule has 0 saturated carbocycles. The molecule has 0 spiro atoms. The highest BCUT2D eigenvalue weighted by Gasteiger charge is 2.39. The first-order chi connectivity index (χ1) is 9.25. The smallest absolute Gasteiger partial charge is 0.248 e. The lowest BCUT2D eigenvalue weighted by molar-refractivity contribution is -0.117. The Hall–Kier alpha value is -1.62. The van der Waals surface area contributed by atoms with Gasteiger partial charge in [-0.25, -0.2) is 8.42 Å². The lowest BCUT2D eigenvalue weighted by atomic mass is 10.0. The molecule has 1 aliphatic heterocycles. The number of carbonyl (C=O) groups is 1. The summed E-state index contributed by atoms with van der Waals surface area (Å²) >= 11 is 0. The molecule has 1 unspecified atom stereocenters. The Morgan fingerprint density at radius 3 is 2.10 bits per heavy atom. The quantitative estimate of drug-likeness (QED) is 0.929. The second kappa shape index (κ2) is 5.05. The van der Waals surface area contributed by atoms with Crippen LogP contribution in [0.3, 0.4) is 0 Å². The summed E-state index contributed by atoms with van der Waals surface area (Å²) in [7, 11) is -3.59. The van der Waals surface area contributed by atoms with Crippen molar-refractivity contribution in [3.63, 3.8) is 0 Å². The first kappa shape index (κ1) is 14.8. The molecule has 1 aromatic carbocycles. The Labute approximate surface area is 119 Å². The molecule has 0 aliphatic carbocycles. The van der Waals surface area contributed by atoms with Crippen LogP contribution in [0.2, 0.25) is 0 Å². The molecule has 1 aromatic rings. The van der Waals surface area contributed by atoms with E-state index < -0.39 is 15.2 Å². The van der Waals surface area contributed by atoms with Crippen molar-refractivity contribution >= 4 is 15.7 Å². The molecule has 0 bridgehead atoms. The van der Waals surface area contributed by atoms with Crippen molar-refractivity contribution in [1.29, 1.82) is 0 Å². The molecule has 2 rings (SSSR count). The standard InChI is InChI=1S/C15H19NO3S/c1-9(2)13-11(4)15(16-14(13)17)20(18,19)12-7-5-10(3)6-8-12/h5-9,15H,1-4H3,(H,16,17). The largest absolute Gasteiger partial charge is 0.332 e. The van der Waals surface area contributed by atoms with Gasteiger partial charge in [0.2, 0.25) is 15.7 Å². The minimum atomic E-state index is -3.59. The van der Waals surface area contributed by atoms with E-state index in [9.17, 15) is 13.2 Å². The second-order valence-corrected chi connectivity index (χ2v) is 7.50. The van der Waals surface area contributed by atoms with Crippen LogP contribution in [0.5, 0.6) is 0 Å². The number of rotatable bonds is 3. The molecule has 1 heterocycles. The number of hydrogen-bond acceptors (Lipinski definition) is 3. The van der Waals surface area contributed by atoms with E-state index in [1.54, 1.807) is 31.2 Å². The lowest BCUT2D eigenvalue weighted by Crippen LogP contribution is -2.36. The maximum Gasteiger partial charge on any atom is 0.248 e. The highest BCUT2D eigenvalue weighted by Crippen LogP contribution is 2.29. The molecule has 1 N–H and O–H groups in total. The minimum absolute atomic E-state index is 0.00761. The summed E-state index contributed by atoms with van der Waals surface area (Å²) in [5.41, 5.74) is 2.17. The van der Waals surface area contributed by atoms with Crippen LogP contribution in [-0.4, -0.2) is 19.7 Å². The molecule has 0 aromatic heterocycles. The van der Waals surface area contributed by atoms with E-state index in [-0.39, 0.29) is 16.7 Å². The van der Waals surface area contributed by atoms with Crippen molar-refractivity contribution in [3.05, 3.63) is 41.0 Å². The predicted molar refractivity (Wildman–Crippen MR) is 77.8 cm³/mol. The van der Waals surface area contributed by atoms with E-state index in [0.717, 1.165) is 5.56 Å². The van der Waals surface area contributed by atoms with E-state index in [0.29, 0.717) is 11.1 Å². The third kappa shape index (κ3) is 2.38. The molecule has 108 valence electrons. The second-order valence-electron chi connectivity index (χ2n) is 5.46. The van der Waals surface area contributed by atoms with Gasteiger partial charge in [-0.3, -0.25) is 4.79 Å². The fraction of sp³-hybridized carbons (Fsp3) is 0.400. The number of sulfone groups is 1. The number of amides is 1. The number of benzene rings is 1. The molecule has 0 saturated heterocycles. The topological polar surface area (TPSA) is 63.2 Å². The molecule has 0 radical (unpaired) electrons. The highest BCUT2D eigenvalue weighted by molar-refractivity contribution is 7.92. The van der Waals surface area contributed by atoms with E-state index in [1.165, 1.54) is 0 Å². The van der Waals surface area contributed by atoms with Crippen molar-refractivity contribution < 1.29 is 13.2 Å². The van der Waals surface area contributed by atoms with Crippen LogP contribution in [0.4, 0.5) is 0 Å². The van der Waals surface area contributed by atoms with Crippen LogP contribution in [0.25, 0.3) is 0 Å². The van der Waals surface area contributed by atoms with Gasteiger partial charge in [-0.15, -0.1) is 0 Å². The Morgan fingerprint density at radius 1 is 1.10 bits per heavy atom. The van der Waals surface area contributed by atoms with Crippen LogP contribution in [0.15, 0.2) is 40.3 Å². The molecule has 4 nitrogen and oxygen atoms in total. The van der Waals surface area contributed by atoms with Crippen LogP contribution >= 0.6 is 0 Å². The van der Waals surface area contributed by atoms with E-state index in [1.807, 2.05) is 20.8 Å². The number of carbonyl (C=O) groups excluding carboxylic acids is 1. The van der Waals surface area contributed by atoms with Crippen molar-refractivity contribution in [2.45, 2.75) is 38.0 Å². The van der Waals surface area contributed by atoms with Crippen molar-refractivity contribution in [3.8, 4) is 0 Å². The lowest BCUT2D eigenvalue weighted by Gasteiger charge is -2.14. The van der Waals surface area contributed by atoms with Gasteiger partial charge in [0.15, 0.2) is 5.37 Å². The number of nitrogens with one attached hydrogen (secondary N) is 1. The van der Waals surface area contributed by atoms with Crippen molar-refractivity contribution in [1.82, 2.24) is 5.32 Å². The Bertz CT molecular complexity index is 670. The zero-order valence-electron chi connectivity index (χ0n) is 12.1. The molecule has 1 aliphatic rings. The average Bonchev–Trinajstić information content (AvgIpc) is 2.66. The van der Waals surface area contributed by atoms with Crippen molar-refractivity contribution in [2.75, 3.05) is 0 Å². The summed E-state index contributed by atoms with van der Waals surface area (Å²) in [5, 5.41) is 1.64. The van der Waals surface area contributed by atoms with Gasteiger partial charge in [0.25, 0.3) is 0 Å². The van der Waals surface area contributed by atoms with Gasteiger partial charge in [0, 0.05) is 5.57 Å². The van der Waals surface area contributed by atoms with Gasteiger partial charge >= 0.3 is 0 Å². The molecular weight excluding hydrogens is 274 g/mol. The monoisotopic (exact) mass is 293 g/mol. The number of aryl methyl sites for hydroxylation is 1. The summed E-state index contributed by atoms with van der Waals surface area (Å²) in [6.45, 7) is 7.39. The van der Waals surface area contributed by atoms with Crippen molar-refractivity contribution in [2.24, 2.45) is 5.92 Å². The fourth-order valence-corrected chi connectivity index (χ4v) is 4.16. The molecule has 5 heteroatoms. The predicted octanol–water partition coefficient (Wildman–Crippen LogP) is 2.20. The van der Waals surface area contributed by atoms with Crippen LogP contribution in [0, 0.1) is 12.8 Å². The van der Waals surface area contributed by atoms with Crippen LogP contribution < -0.4 is 5.32 Å². The van der Waals surface area contributed by atoms with Crippen LogP contribution in [0.1, 0.15) is 26.3 Å². The fourth-order valence-electron chi connectivity index (χ4n) is 2.52. The van der Waals surface area contributed by atoms with E-state index >= 15 is 0 Å². The summed E-state index contributed by atoms with van der Waals surface area (Å²) in [6, 6.07) is 6.67. The Kier molecular flexibility index (Phi) is 3.73. The highest BCUT2D eigenvalue weighted by atomic mass is 32.2. The first-order valence-corrected chi connectivity index (χ1v) is 8.12. The minimum Gasteiger partial charge on any atom is -0.332 e. The maximum absolute atomic E-state index is 12.6. The molecule has 1 amide bonds. The first-order valence-electron chi connectivity index (χ1n) is 6.57. The molecule has 20 heavy (non-hydrogen) atoms. The Morgan fingerprint density at radius 2 is 1.65 bits per heavy atom. The summed E-state index contributed by atoms with van der Waals surface area (Å²) in [5.74, 6) is -0.272. The summed E-state index contributed by atoms with van der Waals surface area (Å²) < 4.78 is 25.2. The van der Waals surface area contributed by atoms with Gasteiger partial charge in [-0.2, -0.15) is 0 Å². The molecular formula is C15H19NO3S. The molecule has 1 atom stereocenters. The average molecular weight is 293 g/mol. The normalized spacial score (nSPS) is 19.6. The van der Waals surface area contributed by atoms with Crippen LogP contribution in [-0.2, 0) is 14.6 Å².